The molecule has 3 atom stereocenters. The van der Waals surface area contributed by atoms with Crippen LogP contribution in [0.5, 0.6) is 0 Å². The molecule has 0 aliphatic heterocycles. The van der Waals surface area contributed by atoms with Crippen LogP contribution in [0, 0.1) is 11.3 Å². The lowest BCUT2D eigenvalue weighted by Crippen LogP contribution is -2.51. The Bertz CT molecular complexity index is 263. The Balaban J connectivity index is 2.97. The third kappa shape index (κ3) is 1.97. The van der Waals surface area contributed by atoms with Gasteiger partial charge < -0.3 is 15.9 Å². The fourth-order valence-electron chi connectivity index (χ4n) is 2.23. The highest BCUT2D eigenvalue weighted by Gasteiger charge is 2.50. The molecule has 1 aliphatic carbocycles. The molecule has 0 aromatic heterocycles. The van der Waals surface area contributed by atoms with Crippen LogP contribution in [0.25, 0.3) is 0 Å². The fraction of sp³-hybridized carbons (Fsp3) is 0.800. The number of aliphatic hydroxyl groups is 1. The van der Waals surface area contributed by atoms with Crippen molar-refractivity contribution in [1.29, 1.82) is 0 Å². The number of rotatable bonds is 3. The Morgan fingerprint density at radius 2 is 1.87 bits per heavy atom. The molecule has 0 aromatic carbocycles. The Morgan fingerprint density at radius 1 is 1.33 bits per heavy atom. The van der Waals surface area contributed by atoms with E-state index in [4.69, 9.17) is 10.8 Å². The fourth-order valence-corrected chi connectivity index (χ4v) is 2.23. The van der Waals surface area contributed by atoms with E-state index < -0.39 is 29.3 Å². The van der Waals surface area contributed by atoms with Crippen LogP contribution in [-0.2, 0) is 9.59 Å². The molecule has 0 aromatic rings. The second-order valence-electron chi connectivity index (χ2n) is 4.33. The summed E-state index contributed by atoms with van der Waals surface area (Å²) in [5, 5.41) is 18.8. The van der Waals surface area contributed by atoms with Crippen LogP contribution in [0.1, 0.15) is 32.6 Å². The number of nitrogens with two attached hydrogens (primary N) is 1. The molecule has 5 nitrogen and oxygen atoms in total. The van der Waals surface area contributed by atoms with Gasteiger partial charge >= 0.3 is 5.97 Å². The second kappa shape index (κ2) is 4.18. The van der Waals surface area contributed by atoms with Gasteiger partial charge in [-0.1, -0.05) is 12.8 Å². The Morgan fingerprint density at radius 3 is 2.27 bits per heavy atom. The molecule has 1 amide bonds. The summed E-state index contributed by atoms with van der Waals surface area (Å²) in [4.78, 5) is 22.3. The molecule has 0 spiro atoms. The lowest BCUT2D eigenvalue weighted by molar-refractivity contribution is -0.162. The summed E-state index contributed by atoms with van der Waals surface area (Å²) in [7, 11) is 0. The second-order valence-corrected chi connectivity index (χ2v) is 4.33. The monoisotopic (exact) mass is 215 g/mol. The van der Waals surface area contributed by atoms with E-state index in [0.29, 0.717) is 12.8 Å². The van der Waals surface area contributed by atoms with Gasteiger partial charge in [-0.25, -0.2) is 0 Å². The summed E-state index contributed by atoms with van der Waals surface area (Å²) in [5.41, 5.74) is 3.48. The molecule has 0 bridgehead atoms. The third-order valence-corrected chi connectivity index (χ3v) is 3.43. The summed E-state index contributed by atoms with van der Waals surface area (Å²) in [6, 6.07) is 0. The number of amides is 1. The quantitative estimate of drug-likeness (QED) is 0.582. The van der Waals surface area contributed by atoms with Crippen LogP contribution in [-0.4, -0.2) is 28.2 Å². The zero-order valence-corrected chi connectivity index (χ0v) is 8.77. The maximum Gasteiger partial charge on any atom is 0.319 e. The van der Waals surface area contributed by atoms with Crippen LogP contribution in [0.2, 0.25) is 0 Å². The standard InChI is InChI=1S/C10H17NO4/c1-10(8(11)13,9(14)15)6-4-2-3-5-7(6)12/h6-7,12H,2-5H2,1H3,(H2,11,13)(H,14,15). The first-order chi connectivity index (χ1) is 6.90. The lowest BCUT2D eigenvalue weighted by Gasteiger charge is -2.37. The van der Waals surface area contributed by atoms with Gasteiger partial charge in [0.2, 0.25) is 5.91 Å². The lowest BCUT2D eigenvalue weighted by atomic mass is 9.68. The normalized spacial score (nSPS) is 30.5. The molecule has 1 aliphatic rings. The van der Waals surface area contributed by atoms with Crippen molar-refractivity contribution in [3.63, 3.8) is 0 Å². The van der Waals surface area contributed by atoms with Crippen molar-refractivity contribution in [2.75, 3.05) is 0 Å². The van der Waals surface area contributed by atoms with Crippen LogP contribution in [0.3, 0.4) is 0 Å². The molecule has 5 heteroatoms. The highest BCUT2D eigenvalue weighted by molar-refractivity contribution is 6.01. The van der Waals surface area contributed by atoms with Crippen molar-refractivity contribution in [2.24, 2.45) is 17.1 Å². The molecule has 0 radical (unpaired) electrons. The van der Waals surface area contributed by atoms with E-state index in [9.17, 15) is 14.7 Å². The molecule has 0 heterocycles. The minimum Gasteiger partial charge on any atom is -0.480 e. The topological polar surface area (TPSA) is 101 Å². The highest BCUT2D eigenvalue weighted by atomic mass is 16.4. The number of hydrogen-bond acceptors (Lipinski definition) is 3. The zero-order chi connectivity index (χ0) is 11.6. The largest absolute Gasteiger partial charge is 0.480 e. The summed E-state index contributed by atoms with van der Waals surface area (Å²) in [6.07, 6.45) is 2.03. The molecule has 1 rings (SSSR count). The number of aliphatic hydroxyl groups excluding tert-OH is 1. The Kier molecular flexibility index (Phi) is 3.34. The van der Waals surface area contributed by atoms with E-state index in [2.05, 4.69) is 0 Å². The number of hydrogen-bond donors (Lipinski definition) is 3. The van der Waals surface area contributed by atoms with Gasteiger partial charge in [0.05, 0.1) is 6.10 Å². The van der Waals surface area contributed by atoms with Crippen molar-refractivity contribution in [3.05, 3.63) is 0 Å². The van der Waals surface area contributed by atoms with Crippen molar-refractivity contribution in [1.82, 2.24) is 0 Å². The molecular formula is C10H17NO4. The van der Waals surface area contributed by atoms with E-state index in [1.807, 2.05) is 0 Å². The van der Waals surface area contributed by atoms with Gasteiger partial charge in [0, 0.05) is 5.92 Å². The van der Waals surface area contributed by atoms with Crippen molar-refractivity contribution in [2.45, 2.75) is 38.7 Å². The number of carbonyl (C=O) groups excluding carboxylic acids is 1. The minimum atomic E-state index is -1.65. The first-order valence-corrected chi connectivity index (χ1v) is 5.12. The number of primary amides is 1. The van der Waals surface area contributed by atoms with Crippen molar-refractivity contribution < 1.29 is 19.8 Å². The van der Waals surface area contributed by atoms with Gasteiger partial charge in [-0.3, -0.25) is 9.59 Å². The highest BCUT2D eigenvalue weighted by Crippen LogP contribution is 2.38. The number of aliphatic carboxylic acids is 1. The van der Waals surface area contributed by atoms with Gasteiger partial charge in [0.25, 0.3) is 0 Å². The van der Waals surface area contributed by atoms with Crippen LogP contribution in [0.15, 0.2) is 0 Å². The predicted octanol–water partition coefficient (Wildman–Crippen LogP) is 0.114. The van der Waals surface area contributed by atoms with Crippen molar-refractivity contribution >= 4 is 11.9 Å². The number of carboxylic acid groups (broad SMARTS) is 1. The zero-order valence-electron chi connectivity index (χ0n) is 8.77. The van der Waals surface area contributed by atoms with E-state index >= 15 is 0 Å². The summed E-state index contributed by atoms with van der Waals surface area (Å²) in [5.74, 6) is -2.69. The summed E-state index contributed by atoms with van der Waals surface area (Å²) in [6.45, 7) is 1.30. The molecule has 3 unspecified atom stereocenters. The molecule has 0 saturated heterocycles. The Hall–Kier alpha value is -1.10. The average Bonchev–Trinajstić information content (AvgIpc) is 2.16. The van der Waals surface area contributed by atoms with Crippen molar-refractivity contribution in [3.8, 4) is 0 Å². The van der Waals surface area contributed by atoms with Gasteiger partial charge in [-0.15, -0.1) is 0 Å². The molecule has 15 heavy (non-hydrogen) atoms. The third-order valence-electron chi connectivity index (χ3n) is 3.43. The molecule has 86 valence electrons. The van der Waals surface area contributed by atoms with Gasteiger partial charge in [-0.05, 0) is 19.8 Å². The molecule has 4 N–H and O–H groups in total. The smallest absolute Gasteiger partial charge is 0.319 e. The summed E-state index contributed by atoms with van der Waals surface area (Å²) < 4.78 is 0. The SMILES string of the molecule is CC(C(N)=O)(C(=O)O)C1CCCCC1O. The number of carboxylic acids is 1. The first kappa shape index (κ1) is 12.0. The van der Waals surface area contributed by atoms with E-state index in [-0.39, 0.29) is 0 Å². The van der Waals surface area contributed by atoms with Crippen LogP contribution >= 0.6 is 0 Å². The van der Waals surface area contributed by atoms with E-state index in [0.717, 1.165) is 12.8 Å². The van der Waals surface area contributed by atoms with Gasteiger partial charge in [0.15, 0.2) is 0 Å². The predicted molar refractivity (Wildman–Crippen MR) is 52.9 cm³/mol. The van der Waals surface area contributed by atoms with Crippen LogP contribution in [0.4, 0.5) is 0 Å². The minimum absolute atomic E-state index is 0.535. The number of carbonyl (C=O) groups is 2. The van der Waals surface area contributed by atoms with E-state index in [1.165, 1.54) is 6.92 Å². The van der Waals surface area contributed by atoms with Gasteiger partial charge in [0.1, 0.15) is 5.41 Å². The summed E-state index contributed by atoms with van der Waals surface area (Å²) >= 11 is 0. The first-order valence-electron chi connectivity index (χ1n) is 5.12. The van der Waals surface area contributed by atoms with Crippen LogP contribution < -0.4 is 5.73 Å². The maximum absolute atomic E-state index is 11.2. The Labute approximate surface area is 88.3 Å². The van der Waals surface area contributed by atoms with Gasteiger partial charge in [-0.2, -0.15) is 0 Å². The van der Waals surface area contributed by atoms with E-state index in [1.54, 1.807) is 0 Å². The molecular weight excluding hydrogens is 198 g/mol. The molecule has 1 saturated carbocycles. The molecule has 1 fully saturated rings. The maximum atomic E-state index is 11.2. The average molecular weight is 215 g/mol.